The summed E-state index contributed by atoms with van der Waals surface area (Å²) >= 11 is 6.01. The van der Waals surface area contributed by atoms with Crippen LogP contribution in [0.1, 0.15) is 23.2 Å². The van der Waals surface area contributed by atoms with Gasteiger partial charge in [0, 0.05) is 19.1 Å². The molecule has 1 unspecified atom stereocenters. The number of hydrogen-bond acceptors (Lipinski definition) is 5. The van der Waals surface area contributed by atoms with Crippen LogP contribution in [0.2, 0.25) is 5.02 Å². The zero-order chi connectivity index (χ0) is 16.3. The number of esters is 1. The lowest BCUT2D eigenvalue weighted by Crippen LogP contribution is -2.46. The molecule has 0 aliphatic carbocycles. The first-order valence-electron chi connectivity index (χ1n) is 6.95. The summed E-state index contributed by atoms with van der Waals surface area (Å²) in [5, 5.41) is 3.17. The van der Waals surface area contributed by atoms with Crippen molar-refractivity contribution in [1.29, 1.82) is 0 Å². The summed E-state index contributed by atoms with van der Waals surface area (Å²) in [6.07, 6.45) is 1.75. The van der Waals surface area contributed by atoms with E-state index in [1.165, 1.54) is 29.6 Å². The molecule has 1 fully saturated rings. The molecule has 0 radical (unpaired) electrons. The predicted octanol–water partition coefficient (Wildman–Crippen LogP) is 1.92. The van der Waals surface area contributed by atoms with Crippen LogP contribution < -0.4 is 5.32 Å². The Morgan fingerprint density at radius 1 is 1.43 bits per heavy atom. The molecule has 0 aromatic heterocycles. The Morgan fingerprint density at radius 2 is 2.13 bits per heavy atom. The number of nitrogens with one attached hydrogen (secondary N) is 1. The molecule has 0 amide bonds. The molecule has 1 aliphatic rings. The number of likely N-dealkylation sites (N-methyl/N-ethyl adjacent to an activating group) is 1. The summed E-state index contributed by atoms with van der Waals surface area (Å²) in [5.41, 5.74) is 0.148. The minimum Gasteiger partial charge on any atom is -0.465 e. The van der Waals surface area contributed by atoms with Crippen molar-refractivity contribution in [3.8, 4) is 0 Å². The van der Waals surface area contributed by atoms with Crippen molar-refractivity contribution in [2.45, 2.75) is 23.8 Å². The Morgan fingerprint density at radius 3 is 2.70 bits per heavy atom. The monoisotopic (exact) mass is 382 g/mol. The van der Waals surface area contributed by atoms with E-state index >= 15 is 0 Å². The number of benzene rings is 1. The molecule has 0 bridgehead atoms. The van der Waals surface area contributed by atoms with E-state index in [-0.39, 0.29) is 33.9 Å². The van der Waals surface area contributed by atoms with E-state index in [0.717, 1.165) is 12.8 Å². The van der Waals surface area contributed by atoms with Gasteiger partial charge in [-0.2, -0.15) is 4.31 Å². The van der Waals surface area contributed by atoms with Gasteiger partial charge in [0.2, 0.25) is 10.0 Å². The highest BCUT2D eigenvalue weighted by Crippen LogP contribution is 2.25. The third-order valence-corrected chi connectivity index (χ3v) is 5.95. The molecule has 1 N–H and O–H groups in total. The molecule has 0 saturated carbocycles. The van der Waals surface area contributed by atoms with Gasteiger partial charge in [-0.25, -0.2) is 13.2 Å². The maximum absolute atomic E-state index is 12.7. The van der Waals surface area contributed by atoms with Crippen LogP contribution in [0.25, 0.3) is 0 Å². The number of halogens is 2. The fourth-order valence-electron chi connectivity index (χ4n) is 2.48. The Kier molecular flexibility index (Phi) is 7.29. The van der Waals surface area contributed by atoms with E-state index in [9.17, 15) is 13.2 Å². The molecule has 23 heavy (non-hydrogen) atoms. The van der Waals surface area contributed by atoms with E-state index in [0.29, 0.717) is 13.1 Å². The van der Waals surface area contributed by atoms with Crippen LogP contribution in [0, 0.1) is 0 Å². The number of carbonyl (C=O) groups is 1. The van der Waals surface area contributed by atoms with Gasteiger partial charge in [0.25, 0.3) is 0 Å². The first-order valence-corrected chi connectivity index (χ1v) is 8.77. The first-order chi connectivity index (χ1) is 10.4. The largest absolute Gasteiger partial charge is 0.465 e. The normalized spacial score (nSPS) is 19.0. The number of piperidine rings is 1. The van der Waals surface area contributed by atoms with Gasteiger partial charge >= 0.3 is 5.97 Å². The lowest BCUT2D eigenvalue weighted by Gasteiger charge is -2.31. The Balaban J connectivity index is 0.00000264. The molecule has 1 heterocycles. The molecule has 1 atom stereocenters. The van der Waals surface area contributed by atoms with Gasteiger partial charge in [-0.1, -0.05) is 11.6 Å². The lowest BCUT2D eigenvalue weighted by atomic mass is 10.1. The maximum Gasteiger partial charge on any atom is 0.339 e. The van der Waals surface area contributed by atoms with Crippen LogP contribution in [-0.4, -0.2) is 52.0 Å². The average molecular weight is 383 g/mol. The van der Waals surface area contributed by atoms with Crippen LogP contribution in [0.4, 0.5) is 0 Å². The number of sulfonamides is 1. The number of rotatable bonds is 4. The standard InChI is InChI=1S/C14H19ClN2O4S.ClH/c1-16-10-4-3-7-17(9-10)22(19,20)11-5-6-12(13(15)8-11)14(18)21-2;/h5-6,8,10,16H,3-4,7,9H2,1-2H3;1H. The zero-order valence-corrected chi connectivity index (χ0v) is 15.3. The summed E-state index contributed by atoms with van der Waals surface area (Å²) in [6.45, 7) is 0.909. The van der Waals surface area contributed by atoms with Gasteiger partial charge in [0.1, 0.15) is 0 Å². The Hall–Kier alpha value is -0.860. The quantitative estimate of drug-likeness (QED) is 0.805. The second kappa shape index (κ2) is 8.30. The highest BCUT2D eigenvalue weighted by atomic mass is 35.5. The van der Waals surface area contributed by atoms with Gasteiger partial charge in [0.05, 0.1) is 22.6 Å². The van der Waals surface area contributed by atoms with Gasteiger partial charge in [-0.05, 0) is 38.1 Å². The Bertz CT molecular complexity index is 667. The van der Waals surface area contributed by atoms with Crippen LogP contribution in [0.3, 0.4) is 0 Å². The van der Waals surface area contributed by atoms with Crippen molar-refractivity contribution < 1.29 is 17.9 Å². The highest BCUT2D eigenvalue weighted by molar-refractivity contribution is 7.89. The topological polar surface area (TPSA) is 75.7 Å². The van der Waals surface area contributed by atoms with Crippen LogP contribution in [0.5, 0.6) is 0 Å². The molecule has 0 spiro atoms. The van der Waals surface area contributed by atoms with Crippen molar-refractivity contribution in [3.63, 3.8) is 0 Å². The number of ether oxygens (including phenoxy) is 1. The molecular weight excluding hydrogens is 363 g/mol. The van der Waals surface area contributed by atoms with Crippen molar-refractivity contribution in [2.24, 2.45) is 0 Å². The molecule has 9 heteroatoms. The molecule has 1 aliphatic heterocycles. The Labute approximate surface area is 147 Å². The first kappa shape index (κ1) is 20.2. The second-order valence-electron chi connectivity index (χ2n) is 5.12. The predicted molar refractivity (Wildman–Crippen MR) is 90.9 cm³/mol. The average Bonchev–Trinajstić information content (AvgIpc) is 2.54. The molecular formula is C14H20Cl2N2O4S. The highest BCUT2D eigenvalue weighted by Gasteiger charge is 2.30. The molecule has 2 rings (SSSR count). The van der Waals surface area contributed by atoms with Crippen molar-refractivity contribution >= 4 is 40.0 Å². The van der Waals surface area contributed by atoms with Crippen LogP contribution >= 0.6 is 24.0 Å². The fourth-order valence-corrected chi connectivity index (χ4v) is 4.35. The van der Waals surface area contributed by atoms with Crippen molar-refractivity contribution in [3.05, 3.63) is 28.8 Å². The second-order valence-corrected chi connectivity index (χ2v) is 7.47. The maximum atomic E-state index is 12.7. The van der Waals surface area contributed by atoms with E-state index in [1.54, 1.807) is 0 Å². The molecule has 1 aromatic carbocycles. The lowest BCUT2D eigenvalue weighted by molar-refractivity contribution is 0.0601. The summed E-state index contributed by atoms with van der Waals surface area (Å²) in [4.78, 5) is 11.6. The summed E-state index contributed by atoms with van der Waals surface area (Å²) < 4.78 is 31.4. The van der Waals surface area contributed by atoms with Crippen LogP contribution in [-0.2, 0) is 14.8 Å². The van der Waals surface area contributed by atoms with Gasteiger partial charge in [-0.3, -0.25) is 0 Å². The summed E-state index contributed by atoms with van der Waals surface area (Å²) in [7, 11) is -0.553. The molecule has 6 nitrogen and oxygen atoms in total. The van der Waals surface area contributed by atoms with Gasteiger partial charge in [0.15, 0.2) is 0 Å². The van der Waals surface area contributed by atoms with Crippen molar-refractivity contribution in [2.75, 3.05) is 27.2 Å². The number of methoxy groups -OCH3 is 1. The van der Waals surface area contributed by atoms with Gasteiger partial charge in [-0.15, -0.1) is 12.4 Å². The summed E-state index contributed by atoms with van der Waals surface area (Å²) in [6, 6.07) is 4.21. The number of nitrogens with zero attached hydrogens (tertiary/aromatic N) is 1. The summed E-state index contributed by atoms with van der Waals surface area (Å²) in [5.74, 6) is -0.595. The SMILES string of the molecule is CNC1CCCN(S(=O)(=O)c2ccc(C(=O)OC)c(Cl)c2)C1.Cl. The zero-order valence-electron chi connectivity index (χ0n) is 12.9. The number of hydrogen-bond donors (Lipinski definition) is 1. The smallest absolute Gasteiger partial charge is 0.339 e. The van der Waals surface area contributed by atoms with Crippen LogP contribution in [0.15, 0.2) is 23.1 Å². The van der Waals surface area contributed by atoms with Gasteiger partial charge < -0.3 is 10.1 Å². The third-order valence-electron chi connectivity index (χ3n) is 3.78. The molecule has 1 saturated heterocycles. The minimum absolute atomic E-state index is 0. The van der Waals surface area contributed by atoms with E-state index in [2.05, 4.69) is 10.1 Å². The van der Waals surface area contributed by atoms with E-state index in [1.807, 2.05) is 7.05 Å². The molecule has 130 valence electrons. The van der Waals surface area contributed by atoms with E-state index in [4.69, 9.17) is 11.6 Å². The fraction of sp³-hybridized carbons (Fsp3) is 0.500. The third kappa shape index (κ3) is 4.36. The van der Waals surface area contributed by atoms with E-state index < -0.39 is 16.0 Å². The van der Waals surface area contributed by atoms with Crippen molar-refractivity contribution in [1.82, 2.24) is 9.62 Å². The number of carbonyl (C=O) groups excluding carboxylic acids is 1. The minimum atomic E-state index is -3.62. The molecule has 1 aromatic rings.